The van der Waals surface area contributed by atoms with Gasteiger partial charge in [0.05, 0.1) is 18.3 Å². The highest BCUT2D eigenvalue weighted by Crippen LogP contribution is 2.33. The largest absolute Gasteiger partial charge is 0.361 e. The lowest BCUT2D eigenvalue weighted by molar-refractivity contribution is -0.134. The van der Waals surface area contributed by atoms with E-state index in [1.165, 1.54) is 11.1 Å². The second-order valence-electron chi connectivity index (χ2n) is 8.09. The number of carbonyl (C=O) groups excluding carboxylic acids is 1. The van der Waals surface area contributed by atoms with Crippen LogP contribution in [-0.4, -0.2) is 65.5 Å². The Bertz CT molecular complexity index is 810. The summed E-state index contributed by atoms with van der Waals surface area (Å²) in [7, 11) is 1.97. The lowest BCUT2D eigenvalue weighted by Gasteiger charge is -2.37. The number of aromatic nitrogens is 1. The van der Waals surface area contributed by atoms with Crippen LogP contribution >= 0.6 is 0 Å². The van der Waals surface area contributed by atoms with E-state index in [0.717, 1.165) is 63.4 Å². The minimum Gasteiger partial charge on any atom is -0.361 e. The number of fused-ring (bicyclic) bond motifs is 1. The zero-order valence-corrected chi connectivity index (χ0v) is 16.9. The first-order valence-electron chi connectivity index (χ1n) is 10.3. The summed E-state index contributed by atoms with van der Waals surface area (Å²) in [6.07, 6.45) is 3.34. The lowest BCUT2D eigenvalue weighted by atomic mass is 9.87. The van der Waals surface area contributed by atoms with Gasteiger partial charge in [-0.05, 0) is 37.3 Å². The summed E-state index contributed by atoms with van der Waals surface area (Å²) in [6.45, 7) is 6.98. The first kappa shape index (κ1) is 19.2. The molecule has 1 atom stereocenters. The van der Waals surface area contributed by atoms with E-state index in [1.807, 2.05) is 24.9 Å². The number of aryl methyl sites for hydroxylation is 2. The number of amides is 1. The predicted molar refractivity (Wildman–Crippen MR) is 108 cm³/mol. The van der Waals surface area contributed by atoms with Crippen LogP contribution in [0.3, 0.4) is 0 Å². The molecule has 6 nitrogen and oxygen atoms in total. The van der Waals surface area contributed by atoms with Crippen LogP contribution in [0.1, 0.15) is 41.5 Å². The van der Waals surface area contributed by atoms with Crippen molar-refractivity contribution in [2.45, 2.75) is 38.8 Å². The van der Waals surface area contributed by atoms with Gasteiger partial charge in [-0.2, -0.15) is 0 Å². The fraction of sp³-hybridized carbons (Fsp3) is 0.545. The molecule has 1 aliphatic heterocycles. The number of benzene rings is 1. The lowest BCUT2D eigenvalue weighted by Crippen LogP contribution is -2.49. The topological polar surface area (TPSA) is 52.8 Å². The summed E-state index contributed by atoms with van der Waals surface area (Å²) in [5, 5.41) is 4.08. The van der Waals surface area contributed by atoms with E-state index < -0.39 is 0 Å². The van der Waals surface area contributed by atoms with Crippen LogP contribution < -0.4 is 0 Å². The van der Waals surface area contributed by atoms with Crippen LogP contribution in [0.5, 0.6) is 0 Å². The van der Waals surface area contributed by atoms with Crippen molar-refractivity contribution in [3.8, 4) is 0 Å². The maximum Gasteiger partial charge on any atom is 0.237 e. The molecule has 0 bridgehead atoms. The van der Waals surface area contributed by atoms with Crippen molar-refractivity contribution in [3.05, 3.63) is 52.9 Å². The molecule has 0 N–H and O–H groups in total. The maximum absolute atomic E-state index is 12.9. The minimum absolute atomic E-state index is 0.217. The van der Waals surface area contributed by atoms with Gasteiger partial charge in [0.25, 0.3) is 0 Å². The highest BCUT2D eigenvalue weighted by atomic mass is 16.5. The Labute approximate surface area is 167 Å². The zero-order valence-electron chi connectivity index (χ0n) is 16.9. The Hall–Kier alpha value is -2.18. The minimum atomic E-state index is 0.217. The van der Waals surface area contributed by atoms with Gasteiger partial charge in [0, 0.05) is 45.8 Å². The number of likely N-dealkylation sites (N-methyl/N-ethyl adjacent to an activating group) is 1. The molecule has 2 heterocycles. The summed E-state index contributed by atoms with van der Waals surface area (Å²) in [4.78, 5) is 19.6. The summed E-state index contributed by atoms with van der Waals surface area (Å²) in [5.74, 6) is 1.08. The standard InChI is InChI=1S/C22H30N4O2/c1-17-14-19(23-28-17)15-25-10-12-26(13-11-25)16-22(27)24(2)21-9-5-7-18-6-3-4-8-20(18)21/h3-4,6,8,14,21H,5,7,9-13,15-16H2,1-2H3. The third-order valence-electron chi connectivity index (χ3n) is 6.08. The molecule has 1 amide bonds. The average molecular weight is 383 g/mol. The Morgan fingerprint density at radius 3 is 2.71 bits per heavy atom. The molecule has 4 rings (SSSR count). The normalized spacial score (nSPS) is 20.7. The molecule has 1 saturated heterocycles. The van der Waals surface area contributed by atoms with Gasteiger partial charge in [-0.1, -0.05) is 29.4 Å². The maximum atomic E-state index is 12.9. The Kier molecular flexibility index (Phi) is 5.78. The van der Waals surface area contributed by atoms with Crippen molar-refractivity contribution < 1.29 is 9.32 Å². The molecular weight excluding hydrogens is 352 g/mol. The molecule has 6 heteroatoms. The van der Waals surface area contributed by atoms with Crippen LogP contribution in [0.25, 0.3) is 0 Å². The molecule has 0 saturated carbocycles. The van der Waals surface area contributed by atoms with E-state index in [0.29, 0.717) is 6.54 Å². The molecule has 1 aromatic carbocycles. The fourth-order valence-corrected chi connectivity index (χ4v) is 4.43. The summed E-state index contributed by atoms with van der Waals surface area (Å²) in [6, 6.07) is 10.8. The molecular formula is C22H30N4O2. The van der Waals surface area contributed by atoms with Crippen molar-refractivity contribution in [1.82, 2.24) is 19.9 Å². The summed E-state index contributed by atoms with van der Waals surface area (Å²) < 4.78 is 5.15. The van der Waals surface area contributed by atoms with Crippen LogP contribution in [-0.2, 0) is 17.8 Å². The van der Waals surface area contributed by atoms with Gasteiger partial charge in [0.1, 0.15) is 5.76 Å². The Morgan fingerprint density at radius 2 is 1.96 bits per heavy atom. The van der Waals surface area contributed by atoms with Crippen LogP contribution in [0.15, 0.2) is 34.9 Å². The first-order chi connectivity index (χ1) is 13.6. The smallest absolute Gasteiger partial charge is 0.237 e. The van der Waals surface area contributed by atoms with Crippen molar-refractivity contribution in [2.75, 3.05) is 39.8 Å². The highest BCUT2D eigenvalue weighted by Gasteiger charge is 2.28. The second-order valence-corrected chi connectivity index (χ2v) is 8.09. The van der Waals surface area contributed by atoms with E-state index in [2.05, 4.69) is 39.2 Å². The molecule has 28 heavy (non-hydrogen) atoms. The van der Waals surface area contributed by atoms with Gasteiger partial charge in [0.2, 0.25) is 5.91 Å². The third kappa shape index (κ3) is 4.28. The number of hydrogen-bond donors (Lipinski definition) is 0. The molecule has 150 valence electrons. The summed E-state index contributed by atoms with van der Waals surface area (Å²) in [5.41, 5.74) is 3.71. The van der Waals surface area contributed by atoms with Crippen molar-refractivity contribution in [2.24, 2.45) is 0 Å². The van der Waals surface area contributed by atoms with Gasteiger partial charge in [-0.25, -0.2) is 0 Å². The van der Waals surface area contributed by atoms with Gasteiger partial charge in [-0.15, -0.1) is 0 Å². The molecule has 2 aliphatic rings. The molecule has 0 radical (unpaired) electrons. The summed E-state index contributed by atoms with van der Waals surface area (Å²) >= 11 is 0. The van der Waals surface area contributed by atoms with E-state index in [4.69, 9.17) is 4.52 Å². The highest BCUT2D eigenvalue weighted by molar-refractivity contribution is 5.78. The molecule has 0 spiro atoms. The van der Waals surface area contributed by atoms with Gasteiger partial charge < -0.3 is 9.42 Å². The molecule has 1 aliphatic carbocycles. The van der Waals surface area contributed by atoms with E-state index in [9.17, 15) is 4.79 Å². The molecule has 1 aromatic heterocycles. The van der Waals surface area contributed by atoms with E-state index in [-0.39, 0.29) is 11.9 Å². The van der Waals surface area contributed by atoms with Gasteiger partial charge in [-0.3, -0.25) is 14.6 Å². The molecule has 1 fully saturated rings. The van der Waals surface area contributed by atoms with Gasteiger partial charge in [0.15, 0.2) is 0 Å². The van der Waals surface area contributed by atoms with Crippen molar-refractivity contribution in [1.29, 1.82) is 0 Å². The second kappa shape index (κ2) is 8.45. The average Bonchev–Trinajstić information content (AvgIpc) is 3.13. The first-order valence-corrected chi connectivity index (χ1v) is 10.3. The number of nitrogens with zero attached hydrogens (tertiary/aromatic N) is 4. The van der Waals surface area contributed by atoms with Crippen LogP contribution in [0.2, 0.25) is 0 Å². The quantitative estimate of drug-likeness (QED) is 0.796. The third-order valence-corrected chi connectivity index (χ3v) is 6.08. The number of carbonyl (C=O) groups is 1. The van der Waals surface area contributed by atoms with Crippen molar-refractivity contribution >= 4 is 5.91 Å². The zero-order chi connectivity index (χ0) is 19.5. The fourth-order valence-electron chi connectivity index (χ4n) is 4.43. The van der Waals surface area contributed by atoms with E-state index >= 15 is 0 Å². The van der Waals surface area contributed by atoms with Crippen molar-refractivity contribution in [3.63, 3.8) is 0 Å². The Morgan fingerprint density at radius 1 is 1.21 bits per heavy atom. The molecule has 2 aromatic rings. The number of piperazine rings is 1. The van der Waals surface area contributed by atoms with Gasteiger partial charge >= 0.3 is 0 Å². The molecule has 1 unspecified atom stereocenters. The monoisotopic (exact) mass is 382 g/mol. The number of hydrogen-bond acceptors (Lipinski definition) is 5. The predicted octanol–water partition coefficient (Wildman–Crippen LogP) is 2.64. The van der Waals surface area contributed by atoms with Crippen LogP contribution in [0.4, 0.5) is 0 Å². The van der Waals surface area contributed by atoms with Crippen LogP contribution in [0, 0.1) is 6.92 Å². The van der Waals surface area contributed by atoms with E-state index in [1.54, 1.807) is 0 Å². The number of rotatable bonds is 5. The Balaban J connectivity index is 1.29. The SMILES string of the molecule is Cc1cc(CN2CCN(CC(=O)N(C)C3CCCc4ccccc43)CC2)no1.